The molecule has 0 aromatic heterocycles. The summed E-state index contributed by atoms with van der Waals surface area (Å²) in [5.41, 5.74) is 0. The Morgan fingerprint density at radius 1 is 0.654 bits per heavy atom. The van der Waals surface area contributed by atoms with Crippen molar-refractivity contribution in [2.75, 3.05) is 0 Å². The van der Waals surface area contributed by atoms with Gasteiger partial charge in [0.25, 0.3) is 0 Å². The Bertz CT molecular complexity index is 467. The predicted octanol–water partition coefficient (Wildman–Crippen LogP) is 7.14. The molecule has 0 heterocycles. The molecule has 2 unspecified atom stereocenters. The fraction of sp³-hybridized carbons (Fsp3) is 0.500. The normalized spacial score (nSPS) is 15.7. The van der Waals surface area contributed by atoms with Crippen LogP contribution in [0.15, 0.2) is 72.9 Å². The van der Waals surface area contributed by atoms with Crippen LogP contribution in [0.5, 0.6) is 0 Å². The number of rotatable bonds is 15. The number of aliphatic hydroxyl groups is 1. The highest BCUT2D eigenvalue weighted by Gasteiger charge is 2.07. The van der Waals surface area contributed by atoms with Gasteiger partial charge in [0.05, 0.1) is 6.10 Å². The van der Waals surface area contributed by atoms with Gasteiger partial charge < -0.3 is 5.11 Å². The lowest BCUT2D eigenvalue weighted by molar-refractivity contribution is 0.167. The van der Waals surface area contributed by atoms with Crippen LogP contribution in [0.4, 0.5) is 0 Å². The first kappa shape index (κ1) is 24.8. The summed E-state index contributed by atoms with van der Waals surface area (Å²) in [7, 11) is 0. The zero-order chi connectivity index (χ0) is 19.3. The summed E-state index contributed by atoms with van der Waals surface area (Å²) in [4.78, 5) is 0. The summed E-state index contributed by atoms with van der Waals surface area (Å²) in [5.74, 6) is 0. The van der Waals surface area contributed by atoms with Gasteiger partial charge in [-0.15, -0.1) is 0 Å². The summed E-state index contributed by atoms with van der Waals surface area (Å²) in [6.45, 7) is 4.08. The minimum atomic E-state index is -0.309. The summed E-state index contributed by atoms with van der Waals surface area (Å²) in [6.07, 6.45) is 33.9. The van der Waals surface area contributed by atoms with Crippen LogP contribution >= 0.6 is 12.6 Å². The maximum atomic E-state index is 9.63. The molecule has 1 N–H and O–H groups in total. The van der Waals surface area contributed by atoms with E-state index in [0.717, 1.165) is 51.4 Å². The molecule has 0 aliphatic carbocycles. The van der Waals surface area contributed by atoms with E-state index in [1.807, 2.05) is 6.92 Å². The van der Waals surface area contributed by atoms with E-state index >= 15 is 0 Å². The van der Waals surface area contributed by atoms with Crippen molar-refractivity contribution in [2.45, 2.75) is 76.6 Å². The SMILES string of the molecule is CC/C=C/C/C=C/C/C=C/C/C=C/C/C=C/C/C=C/CCC(O)C(C)S. The molecule has 0 aliphatic heterocycles. The quantitative estimate of drug-likeness (QED) is 0.230. The van der Waals surface area contributed by atoms with Gasteiger partial charge in [0, 0.05) is 5.25 Å². The molecule has 1 nitrogen and oxygen atoms in total. The fourth-order valence-electron chi connectivity index (χ4n) is 2.15. The molecule has 0 rings (SSSR count). The highest BCUT2D eigenvalue weighted by atomic mass is 32.1. The van der Waals surface area contributed by atoms with Crippen LogP contribution in [0.25, 0.3) is 0 Å². The van der Waals surface area contributed by atoms with Gasteiger partial charge >= 0.3 is 0 Å². The van der Waals surface area contributed by atoms with Crippen molar-refractivity contribution in [3.8, 4) is 0 Å². The lowest BCUT2D eigenvalue weighted by Gasteiger charge is -2.11. The lowest BCUT2D eigenvalue weighted by Crippen LogP contribution is -2.16. The van der Waals surface area contributed by atoms with Gasteiger partial charge in [0.15, 0.2) is 0 Å². The minimum Gasteiger partial charge on any atom is -0.392 e. The Kier molecular flexibility index (Phi) is 19.1. The first-order chi connectivity index (χ1) is 12.7. The van der Waals surface area contributed by atoms with E-state index in [4.69, 9.17) is 0 Å². The van der Waals surface area contributed by atoms with E-state index in [1.165, 1.54) is 0 Å². The average Bonchev–Trinajstić information content (AvgIpc) is 2.63. The third-order valence-corrected chi connectivity index (χ3v) is 4.13. The van der Waals surface area contributed by atoms with Crippen LogP contribution in [0, 0.1) is 0 Å². The molecule has 0 aromatic rings. The van der Waals surface area contributed by atoms with Gasteiger partial charge in [-0.25, -0.2) is 0 Å². The predicted molar refractivity (Wildman–Crippen MR) is 122 cm³/mol. The molecular formula is C24H38OS. The zero-order valence-electron chi connectivity index (χ0n) is 16.6. The molecule has 0 aliphatic rings. The molecule has 0 radical (unpaired) electrons. The third-order valence-electron chi connectivity index (χ3n) is 3.78. The Labute approximate surface area is 167 Å². The first-order valence-corrected chi connectivity index (χ1v) is 10.5. The van der Waals surface area contributed by atoms with Crippen LogP contribution in [0.3, 0.4) is 0 Å². The van der Waals surface area contributed by atoms with Crippen molar-refractivity contribution in [1.82, 2.24) is 0 Å². The Morgan fingerprint density at radius 3 is 1.35 bits per heavy atom. The van der Waals surface area contributed by atoms with E-state index in [9.17, 15) is 5.11 Å². The topological polar surface area (TPSA) is 20.2 Å². The summed E-state index contributed by atoms with van der Waals surface area (Å²) >= 11 is 4.23. The van der Waals surface area contributed by atoms with Gasteiger partial charge in [-0.05, 0) is 51.4 Å². The molecule has 0 bridgehead atoms. The second kappa shape index (κ2) is 20.1. The second-order valence-corrected chi connectivity index (χ2v) is 7.12. The summed E-state index contributed by atoms with van der Waals surface area (Å²) < 4.78 is 0. The van der Waals surface area contributed by atoms with Crippen LogP contribution < -0.4 is 0 Å². The van der Waals surface area contributed by atoms with E-state index in [-0.39, 0.29) is 11.4 Å². The number of allylic oxidation sites excluding steroid dienone is 12. The van der Waals surface area contributed by atoms with E-state index in [1.54, 1.807) is 0 Å². The highest BCUT2D eigenvalue weighted by Crippen LogP contribution is 2.08. The molecule has 0 saturated carbocycles. The molecule has 146 valence electrons. The molecule has 2 atom stereocenters. The lowest BCUT2D eigenvalue weighted by atomic mass is 10.1. The van der Waals surface area contributed by atoms with E-state index in [0.29, 0.717) is 0 Å². The third kappa shape index (κ3) is 19.1. The van der Waals surface area contributed by atoms with Crippen LogP contribution in [0.1, 0.15) is 65.2 Å². The zero-order valence-corrected chi connectivity index (χ0v) is 17.5. The summed E-state index contributed by atoms with van der Waals surface area (Å²) in [6, 6.07) is 0. The van der Waals surface area contributed by atoms with Crippen molar-refractivity contribution in [3.63, 3.8) is 0 Å². The Balaban J connectivity index is 3.55. The number of thiol groups is 1. The molecule has 0 saturated heterocycles. The summed E-state index contributed by atoms with van der Waals surface area (Å²) in [5, 5.41) is 9.68. The minimum absolute atomic E-state index is 0.0503. The van der Waals surface area contributed by atoms with Gasteiger partial charge in [0.1, 0.15) is 0 Å². The maximum absolute atomic E-state index is 9.63. The van der Waals surface area contributed by atoms with Gasteiger partial charge in [-0.1, -0.05) is 86.8 Å². The van der Waals surface area contributed by atoms with Crippen molar-refractivity contribution >= 4 is 12.6 Å². The van der Waals surface area contributed by atoms with Crippen molar-refractivity contribution in [2.24, 2.45) is 0 Å². The monoisotopic (exact) mass is 374 g/mol. The number of aliphatic hydroxyl groups excluding tert-OH is 1. The number of hydrogen-bond acceptors (Lipinski definition) is 2. The molecule has 2 heteroatoms. The smallest absolute Gasteiger partial charge is 0.0656 e. The van der Waals surface area contributed by atoms with Gasteiger partial charge in [-0.3, -0.25) is 0 Å². The maximum Gasteiger partial charge on any atom is 0.0656 e. The average molecular weight is 375 g/mol. The standard InChI is InChI=1S/C24H38OS/c1-3-4-5-6-7-8-9-10-11-12-13-14-15-16-17-18-19-20-21-22-24(25)23(2)26/h4-5,7-8,10-11,13-14,16-17,19-20,23-26H,3,6,9,12,15,18,21-22H2,1-2H3/b5-4+,8-7+,11-10+,14-13+,17-16+,20-19+. The molecule has 0 spiro atoms. The van der Waals surface area contributed by atoms with E-state index in [2.05, 4.69) is 92.5 Å². The molecule has 0 aromatic carbocycles. The van der Waals surface area contributed by atoms with Crippen LogP contribution in [-0.2, 0) is 0 Å². The fourth-order valence-corrected chi connectivity index (χ4v) is 2.30. The van der Waals surface area contributed by atoms with Crippen LogP contribution in [0.2, 0.25) is 0 Å². The Morgan fingerprint density at radius 2 is 1.00 bits per heavy atom. The first-order valence-electron chi connectivity index (χ1n) is 9.94. The molecule has 0 amide bonds. The Hall–Kier alpha value is -1.25. The van der Waals surface area contributed by atoms with Gasteiger partial charge in [-0.2, -0.15) is 12.6 Å². The highest BCUT2D eigenvalue weighted by molar-refractivity contribution is 7.81. The molecule has 26 heavy (non-hydrogen) atoms. The number of hydrogen-bond donors (Lipinski definition) is 2. The van der Waals surface area contributed by atoms with Gasteiger partial charge in [0.2, 0.25) is 0 Å². The molecule has 0 fully saturated rings. The van der Waals surface area contributed by atoms with Crippen molar-refractivity contribution in [3.05, 3.63) is 72.9 Å². The van der Waals surface area contributed by atoms with E-state index < -0.39 is 0 Å². The van der Waals surface area contributed by atoms with Crippen molar-refractivity contribution < 1.29 is 5.11 Å². The second-order valence-electron chi connectivity index (χ2n) is 6.30. The largest absolute Gasteiger partial charge is 0.392 e. The molecular weight excluding hydrogens is 336 g/mol. The van der Waals surface area contributed by atoms with Crippen molar-refractivity contribution in [1.29, 1.82) is 0 Å². The van der Waals surface area contributed by atoms with Crippen LogP contribution in [-0.4, -0.2) is 16.5 Å².